The number of aromatic nitrogens is 2. The number of likely N-dealkylation sites (tertiary alicyclic amines) is 1. The first-order chi connectivity index (χ1) is 14.6. The van der Waals surface area contributed by atoms with Crippen molar-refractivity contribution in [3.05, 3.63) is 47.6 Å². The molecule has 0 radical (unpaired) electrons. The molecule has 0 unspecified atom stereocenters. The van der Waals surface area contributed by atoms with Gasteiger partial charge in [-0.1, -0.05) is 18.3 Å². The molecule has 1 aromatic carbocycles. The fourth-order valence-corrected chi connectivity index (χ4v) is 3.74. The number of anilines is 2. The fourth-order valence-electron chi connectivity index (χ4n) is 2.95. The molecule has 1 aromatic heterocycles. The van der Waals surface area contributed by atoms with Gasteiger partial charge in [-0.2, -0.15) is 0 Å². The van der Waals surface area contributed by atoms with E-state index in [0.29, 0.717) is 52.9 Å². The van der Waals surface area contributed by atoms with Crippen molar-refractivity contribution in [3.8, 4) is 5.75 Å². The number of rotatable bonds is 6. The van der Waals surface area contributed by atoms with Crippen LogP contribution in [0.3, 0.4) is 0 Å². The van der Waals surface area contributed by atoms with Crippen LogP contribution in [0.5, 0.6) is 5.75 Å². The van der Waals surface area contributed by atoms with Gasteiger partial charge in [0.1, 0.15) is 22.9 Å². The number of carbonyl (C=O) groups is 1. The second-order valence-electron chi connectivity index (χ2n) is 6.90. The van der Waals surface area contributed by atoms with Gasteiger partial charge >= 0.3 is 6.36 Å². The minimum Gasteiger partial charge on any atom is -0.406 e. The van der Waals surface area contributed by atoms with Gasteiger partial charge in [0.2, 0.25) is 0 Å². The van der Waals surface area contributed by atoms with E-state index in [-0.39, 0.29) is 17.8 Å². The van der Waals surface area contributed by atoms with Crippen molar-refractivity contribution < 1.29 is 27.8 Å². The van der Waals surface area contributed by atoms with Gasteiger partial charge in [0.15, 0.2) is 0 Å². The van der Waals surface area contributed by atoms with Gasteiger partial charge in [-0.15, -0.1) is 13.2 Å². The normalized spacial score (nSPS) is 14.9. The summed E-state index contributed by atoms with van der Waals surface area (Å²) in [4.78, 5) is 22.9. The van der Waals surface area contributed by atoms with Gasteiger partial charge < -0.3 is 20.1 Å². The quantitative estimate of drug-likeness (QED) is 0.387. The van der Waals surface area contributed by atoms with Crippen molar-refractivity contribution in [1.29, 1.82) is 0 Å². The second kappa shape index (κ2) is 9.56. The van der Waals surface area contributed by atoms with Crippen LogP contribution in [0.25, 0.3) is 0 Å². The zero-order chi connectivity index (χ0) is 22.6. The van der Waals surface area contributed by atoms with Crippen LogP contribution in [-0.4, -0.2) is 51.4 Å². The van der Waals surface area contributed by atoms with E-state index in [1.165, 1.54) is 30.6 Å². The van der Waals surface area contributed by atoms with Crippen molar-refractivity contribution in [2.75, 3.05) is 18.4 Å². The molecule has 2 N–H and O–H groups in total. The Kier molecular flexibility index (Phi) is 7.06. The highest BCUT2D eigenvalue weighted by Crippen LogP contribution is 2.32. The van der Waals surface area contributed by atoms with E-state index in [0.717, 1.165) is 11.8 Å². The fraction of sp³-hybridized carbons (Fsp3) is 0.350. The van der Waals surface area contributed by atoms with Crippen molar-refractivity contribution in [3.63, 3.8) is 0 Å². The van der Waals surface area contributed by atoms with Crippen LogP contribution in [-0.2, 0) is 4.79 Å². The first-order valence-electron chi connectivity index (χ1n) is 9.41. The van der Waals surface area contributed by atoms with Gasteiger partial charge in [-0.25, -0.2) is 9.97 Å². The molecule has 166 valence electrons. The van der Waals surface area contributed by atoms with E-state index >= 15 is 0 Å². The molecule has 0 atom stereocenters. The number of nitrogens with one attached hydrogen (secondary N) is 1. The summed E-state index contributed by atoms with van der Waals surface area (Å²) in [5, 5.41) is 13.1. The molecule has 0 spiro atoms. The monoisotopic (exact) mass is 454 g/mol. The maximum absolute atomic E-state index is 12.6. The van der Waals surface area contributed by atoms with E-state index in [2.05, 4.69) is 26.6 Å². The number of ether oxygens (including phenoxy) is 1. The van der Waals surface area contributed by atoms with Crippen LogP contribution >= 0.6 is 11.8 Å². The Labute approximate surface area is 181 Å². The van der Waals surface area contributed by atoms with E-state index in [1.807, 2.05) is 0 Å². The smallest absolute Gasteiger partial charge is 0.406 e. The van der Waals surface area contributed by atoms with E-state index in [9.17, 15) is 23.1 Å². The Morgan fingerprint density at radius 3 is 2.52 bits per heavy atom. The highest BCUT2D eigenvalue weighted by molar-refractivity contribution is 8.04. The largest absolute Gasteiger partial charge is 0.573 e. The SMILES string of the molecule is C=C(Sc1ncnc(Nc2ccc(OC(F)(F)F)cc2)c1C)C(=O)N1CCC(O)CC1. The third kappa shape index (κ3) is 6.34. The Morgan fingerprint density at radius 1 is 1.26 bits per heavy atom. The molecule has 1 fully saturated rings. The topological polar surface area (TPSA) is 87.6 Å². The zero-order valence-corrected chi connectivity index (χ0v) is 17.5. The summed E-state index contributed by atoms with van der Waals surface area (Å²) < 4.78 is 40.7. The summed E-state index contributed by atoms with van der Waals surface area (Å²) >= 11 is 1.12. The first kappa shape index (κ1) is 22.9. The molecule has 1 amide bonds. The van der Waals surface area contributed by atoms with Crippen LogP contribution in [0.1, 0.15) is 18.4 Å². The molecule has 1 aliphatic rings. The van der Waals surface area contributed by atoms with E-state index in [4.69, 9.17) is 0 Å². The van der Waals surface area contributed by atoms with Crippen LogP contribution in [0.15, 0.2) is 47.1 Å². The summed E-state index contributed by atoms with van der Waals surface area (Å²) in [5.74, 6) is -0.0817. The van der Waals surface area contributed by atoms with Crippen LogP contribution in [0.2, 0.25) is 0 Å². The average molecular weight is 454 g/mol. The molecule has 7 nitrogen and oxygen atoms in total. The molecule has 1 saturated heterocycles. The zero-order valence-electron chi connectivity index (χ0n) is 16.6. The minimum absolute atomic E-state index is 0.204. The number of aliphatic hydroxyl groups is 1. The summed E-state index contributed by atoms with van der Waals surface area (Å²) in [6.07, 6.45) is -2.73. The van der Waals surface area contributed by atoms with Crippen LogP contribution < -0.4 is 10.1 Å². The average Bonchev–Trinajstić information content (AvgIpc) is 2.71. The van der Waals surface area contributed by atoms with Gasteiger partial charge in [0.05, 0.1) is 11.0 Å². The van der Waals surface area contributed by atoms with E-state index < -0.39 is 6.36 Å². The number of hydrogen-bond acceptors (Lipinski definition) is 7. The highest BCUT2D eigenvalue weighted by Gasteiger charge is 2.31. The first-order valence-corrected chi connectivity index (χ1v) is 10.2. The summed E-state index contributed by atoms with van der Waals surface area (Å²) in [6.45, 7) is 6.58. The lowest BCUT2D eigenvalue weighted by Crippen LogP contribution is -2.40. The Bertz CT molecular complexity index is 946. The Morgan fingerprint density at radius 2 is 1.90 bits per heavy atom. The molecule has 2 aromatic rings. The maximum Gasteiger partial charge on any atom is 0.573 e. The number of aliphatic hydroxyl groups excluding tert-OH is 1. The third-order valence-electron chi connectivity index (χ3n) is 4.60. The number of thioether (sulfide) groups is 1. The molecule has 0 aliphatic carbocycles. The van der Waals surface area contributed by atoms with Crippen molar-refractivity contribution in [1.82, 2.24) is 14.9 Å². The number of benzene rings is 1. The van der Waals surface area contributed by atoms with Crippen molar-refractivity contribution in [2.24, 2.45) is 0 Å². The van der Waals surface area contributed by atoms with Crippen LogP contribution in [0.4, 0.5) is 24.7 Å². The summed E-state index contributed by atoms with van der Waals surface area (Å²) in [6, 6.07) is 5.25. The number of carbonyl (C=O) groups excluding carboxylic acids is 1. The molecule has 1 aliphatic heterocycles. The van der Waals surface area contributed by atoms with Gasteiger partial charge in [-0.3, -0.25) is 4.79 Å². The predicted octanol–water partition coefficient (Wildman–Crippen LogP) is 4.02. The lowest BCUT2D eigenvalue weighted by Gasteiger charge is -2.30. The van der Waals surface area contributed by atoms with Crippen molar-refractivity contribution >= 4 is 29.2 Å². The number of piperidine rings is 1. The third-order valence-corrected chi connectivity index (χ3v) is 5.62. The number of amides is 1. The Hall–Kier alpha value is -2.79. The second-order valence-corrected chi connectivity index (χ2v) is 7.98. The van der Waals surface area contributed by atoms with Gasteiger partial charge in [0, 0.05) is 24.3 Å². The molecule has 31 heavy (non-hydrogen) atoms. The van der Waals surface area contributed by atoms with E-state index in [1.54, 1.807) is 11.8 Å². The van der Waals surface area contributed by atoms with Crippen molar-refractivity contribution in [2.45, 2.75) is 37.3 Å². The summed E-state index contributed by atoms with van der Waals surface area (Å²) in [7, 11) is 0. The number of alkyl halides is 3. The van der Waals surface area contributed by atoms with Crippen LogP contribution in [0, 0.1) is 6.92 Å². The lowest BCUT2D eigenvalue weighted by molar-refractivity contribution is -0.274. The summed E-state index contributed by atoms with van der Waals surface area (Å²) in [5.41, 5.74) is 1.17. The molecule has 0 bridgehead atoms. The highest BCUT2D eigenvalue weighted by atomic mass is 32.2. The number of halogens is 3. The number of hydrogen-bond donors (Lipinski definition) is 2. The minimum atomic E-state index is -4.75. The standard InChI is InChI=1S/C20H21F3N4O3S/c1-12-17(26-14-3-5-16(6-4-14)30-20(21,22)23)24-11-25-18(12)31-13(2)19(29)27-9-7-15(28)8-10-27/h3-6,11,15,28H,2,7-10H2,1H3,(H,24,25,26). The molecular weight excluding hydrogens is 433 g/mol. The predicted molar refractivity (Wildman–Crippen MR) is 110 cm³/mol. The molecular formula is C20H21F3N4O3S. The molecule has 2 heterocycles. The lowest BCUT2D eigenvalue weighted by atomic mass is 10.1. The van der Waals surface area contributed by atoms with Gasteiger partial charge in [-0.05, 0) is 44.0 Å². The number of nitrogens with zero attached hydrogens (tertiary/aromatic N) is 3. The van der Waals surface area contributed by atoms with Gasteiger partial charge in [0.25, 0.3) is 5.91 Å². The maximum atomic E-state index is 12.6. The molecule has 0 saturated carbocycles. The molecule has 3 rings (SSSR count). The molecule has 11 heteroatoms. The Balaban J connectivity index is 1.66.